The van der Waals surface area contributed by atoms with E-state index >= 15 is 0 Å². The van der Waals surface area contributed by atoms with Crippen LogP contribution >= 0.6 is 0 Å². The van der Waals surface area contributed by atoms with Crippen molar-refractivity contribution in [2.45, 2.75) is 6.92 Å². The number of carbonyl (C=O) groups excluding carboxylic acids is 1. The number of benzene rings is 1. The number of nitrogens with zero attached hydrogens (tertiary/aromatic N) is 2. The molecule has 2 heterocycles. The molecule has 0 bridgehead atoms. The van der Waals surface area contributed by atoms with Gasteiger partial charge < -0.3 is 20.2 Å². The van der Waals surface area contributed by atoms with Gasteiger partial charge in [-0.3, -0.25) is 9.59 Å². The Bertz CT molecular complexity index is 644. The minimum atomic E-state index is -1.16. The quantitative estimate of drug-likeness (QED) is 0.808. The largest absolute Gasteiger partial charge is 0.481 e. The average Bonchev–Trinajstić information content (AvgIpc) is 2.55. The zero-order valence-electron chi connectivity index (χ0n) is 13.0. The fraction of sp³-hybridized carbons (Fsp3) is 0.500. The molecule has 2 N–H and O–H groups in total. The molecule has 0 radical (unpaired) electrons. The molecule has 1 aromatic rings. The first-order valence-electron chi connectivity index (χ1n) is 7.84. The molecule has 1 fully saturated rings. The normalized spacial score (nSPS) is 21.3. The number of fused-ring (bicyclic) bond motifs is 1. The number of hydrogen-bond acceptors (Lipinski definition) is 5. The molecule has 1 saturated heterocycles. The van der Waals surface area contributed by atoms with Gasteiger partial charge in [0.15, 0.2) is 5.78 Å². The molecule has 6 nitrogen and oxygen atoms in total. The monoisotopic (exact) mass is 321 g/mol. The first kappa shape index (κ1) is 15.7. The third-order valence-corrected chi connectivity index (χ3v) is 4.53. The van der Waals surface area contributed by atoms with Crippen molar-refractivity contribution in [2.75, 3.05) is 49.1 Å². The summed E-state index contributed by atoms with van der Waals surface area (Å²) in [5, 5.41) is 12.4. The van der Waals surface area contributed by atoms with Crippen LogP contribution in [0.5, 0.6) is 0 Å². The van der Waals surface area contributed by atoms with E-state index in [0.717, 1.165) is 13.1 Å². The molecular formula is C16H20FN3O3. The van der Waals surface area contributed by atoms with Gasteiger partial charge in [0.1, 0.15) is 11.7 Å². The molecule has 2 aliphatic rings. The van der Waals surface area contributed by atoms with Crippen molar-refractivity contribution >= 4 is 23.1 Å². The molecule has 0 amide bonds. The second-order valence-electron chi connectivity index (χ2n) is 5.85. The van der Waals surface area contributed by atoms with Crippen LogP contribution in [0.1, 0.15) is 17.3 Å². The third kappa shape index (κ3) is 2.76. The van der Waals surface area contributed by atoms with Gasteiger partial charge in [0.2, 0.25) is 0 Å². The van der Waals surface area contributed by atoms with Crippen molar-refractivity contribution in [3.8, 4) is 0 Å². The highest BCUT2D eigenvalue weighted by molar-refractivity contribution is 6.13. The molecule has 0 aromatic heterocycles. The van der Waals surface area contributed by atoms with Gasteiger partial charge in [-0.25, -0.2) is 4.39 Å². The maximum Gasteiger partial charge on any atom is 0.316 e. The highest BCUT2D eigenvalue weighted by Crippen LogP contribution is 2.35. The van der Waals surface area contributed by atoms with Crippen LogP contribution in [0.15, 0.2) is 12.1 Å². The first-order valence-corrected chi connectivity index (χ1v) is 7.84. The number of piperazine rings is 1. The molecular weight excluding hydrogens is 301 g/mol. The molecule has 0 aliphatic carbocycles. The van der Waals surface area contributed by atoms with Crippen molar-refractivity contribution < 1.29 is 19.1 Å². The Kier molecular flexibility index (Phi) is 4.21. The van der Waals surface area contributed by atoms with Crippen LogP contribution in [0.4, 0.5) is 15.8 Å². The van der Waals surface area contributed by atoms with E-state index < -0.39 is 23.5 Å². The van der Waals surface area contributed by atoms with E-state index in [1.54, 1.807) is 6.07 Å². The maximum absolute atomic E-state index is 14.5. The number of anilines is 2. The highest BCUT2D eigenvalue weighted by Gasteiger charge is 2.37. The number of carboxylic acid groups (broad SMARTS) is 1. The molecule has 1 atom stereocenters. The van der Waals surface area contributed by atoms with E-state index in [1.807, 2.05) is 16.7 Å². The topological polar surface area (TPSA) is 72.9 Å². The molecule has 0 unspecified atom stereocenters. The summed E-state index contributed by atoms with van der Waals surface area (Å²) in [5.41, 5.74) is 1.28. The molecule has 7 heteroatoms. The van der Waals surface area contributed by atoms with Crippen molar-refractivity contribution in [1.29, 1.82) is 0 Å². The van der Waals surface area contributed by atoms with Gasteiger partial charge in [-0.15, -0.1) is 0 Å². The summed E-state index contributed by atoms with van der Waals surface area (Å²) in [4.78, 5) is 27.4. The van der Waals surface area contributed by atoms with Crippen LogP contribution in [-0.4, -0.2) is 56.1 Å². The summed E-state index contributed by atoms with van der Waals surface area (Å²) >= 11 is 0. The predicted octanol–water partition coefficient (Wildman–Crippen LogP) is 0.959. The molecule has 23 heavy (non-hydrogen) atoms. The van der Waals surface area contributed by atoms with E-state index in [2.05, 4.69) is 5.32 Å². The fourth-order valence-electron chi connectivity index (χ4n) is 3.24. The lowest BCUT2D eigenvalue weighted by molar-refractivity contribution is -0.139. The van der Waals surface area contributed by atoms with Gasteiger partial charge in [-0.1, -0.05) is 0 Å². The van der Waals surface area contributed by atoms with Crippen LogP contribution in [0.2, 0.25) is 0 Å². The summed E-state index contributed by atoms with van der Waals surface area (Å²) < 4.78 is 14.5. The zero-order chi connectivity index (χ0) is 16.6. The highest BCUT2D eigenvalue weighted by atomic mass is 19.1. The van der Waals surface area contributed by atoms with E-state index in [0.29, 0.717) is 31.0 Å². The number of ketones is 1. The number of carboxylic acids is 1. The van der Waals surface area contributed by atoms with Gasteiger partial charge in [0.05, 0.1) is 5.69 Å². The number of halogens is 1. The van der Waals surface area contributed by atoms with Gasteiger partial charge >= 0.3 is 5.97 Å². The first-order chi connectivity index (χ1) is 11.0. The third-order valence-electron chi connectivity index (χ3n) is 4.53. The zero-order valence-corrected chi connectivity index (χ0v) is 13.0. The molecule has 2 aliphatic heterocycles. The van der Waals surface area contributed by atoms with Crippen LogP contribution in [0, 0.1) is 11.7 Å². The van der Waals surface area contributed by atoms with Gasteiger partial charge in [-0.05, 0) is 19.1 Å². The number of carbonyl (C=O) groups is 2. The lowest BCUT2D eigenvalue weighted by Crippen LogP contribution is -2.45. The van der Waals surface area contributed by atoms with E-state index in [-0.39, 0.29) is 12.1 Å². The molecule has 124 valence electrons. The van der Waals surface area contributed by atoms with Gasteiger partial charge in [0.25, 0.3) is 0 Å². The second-order valence-corrected chi connectivity index (χ2v) is 5.85. The molecule has 0 spiro atoms. The van der Waals surface area contributed by atoms with E-state index in [9.17, 15) is 19.1 Å². The SMILES string of the molecule is CCN1C[C@@H](C(=O)O)C(=O)c2cc(F)c(N3CCNCC3)cc21. The molecule has 1 aromatic carbocycles. The van der Waals surface area contributed by atoms with Crippen molar-refractivity contribution in [1.82, 2.24) is 5.32 Å². The standard InChI is InChI=1S/C16H20FN3O3/c1-2-19-9-11(16(22)23)15(21)10-7-12(17)14(8-13(10)19)20-5-3-18-4-6-20/h7-8,11,18H,2-6,9H2,1H3,(H,22,23)/t11-/m1/s1. The van der Waals surface area contributed by atoms with Crippen LogP contribution < -0.4 is 15.1 Å². The van der Waals surface area contributed by atoms with E-state index in [1.165, 1.54) is 6.07 Å². The Balaban J connectivity index is 2.04. The second kappa shape index (κ2) is 6.16. The van der Waals surface area contributed by atoms with Gasteiger partial charge in [-0.2, -0.15) is 0 Å². The maximum atomic E-state index is 14.5. The Morgan fingerprint density at radius 3 is 2.65 bits per heavy atom. The minimum absolute atomic E-state index is 0.129. The number of rotatable bonds is 3. The fourth-order valence-corrected chi connectivity index (χ4v) is 3.24. The predicted molar refractivity (Wildman–Crippen MR) is 84.8 cm³/mol. The number of Topliss-reactive ketones (excluding diaryl/α,β-unsaturated/α-hetero) is 1. The van der Waals surface area contributed by atoms with Crippen molar-refractivity contribution in [2.24, 2.45) is 5.92 Å². The molecule has 0 saturated carbocycles. The lowest BCUT2D eigenvalue weighted by atomic mass is 9.90. The Morgan fingerprint density at radius 1 is 1.35 bits per heavy atom. The number of aliphatic carboxylic acids is 1. The van der Waals surface area contributed by atoms with Gasteiger partial charge in [0, 0.05) is 50.5 Å². The average molecular weight is 321 g/mol. The summed E-state index contributed by atoms with van der Waals surface area (Å²) in [6.45, 7) is 5.57. The summed E-state index contributed by atoms with van der Waals surface area (Å²) in [6.07, 6.45) is 0. The van der Waals surface area contributed by atoms with Crippen LogP contribution in [-0.2, 0) is 4.79 Å². The smallest absolute Gasteiger partial charge is 0.316 e. The molecule has 3 rings (SSSR count). The summed E-state index contributed by atoms with van der Waals surface area (Å²) in [6, 6.07) is 2.89. The number of nitrogens with one attached hydrogen (secondary N) is 1. The number of hydrogen-bond donors (Lipinski definition) is 2. The van der Waals surface area contributed by atoms with E-state index in [4.69, 9.17) is 0 Å². The van der Waals surface area contributed by atoms with Crippen molar-refractivity contribution in [3.63, 3.8) is 0 Å². The Hall–Kier alpha value is -2.15. The minimum Gasteiger partial charge on any atom is -0.481 e. The summed E-state index contributed by atoms with van der Waals surface area (Å²) in [7, 11) is 0. The Morgan fingerprint density at radius 2 is 2.04 bits per heavy atom. The summed E-state index contributed by atoms with van der Waals surface area (Å²) in [5.74, 6) is -3.28. The van der Waals surface area contributed by atoms with Crippen LogP contribution in [0.25, 0.3) is 0 Å². The lowest BCUT2D eigenvalue weighted by Gasteiger charge is -2.35. The van der Waals surface area contributed by atoms with Crippen LogP contribution in [0.3, 0.4) is 0 Å². The Labute approximate surface area is 133 Å². The van der Waals surface area contributed by atoms with Crippen molar-refractivity contribution in [3.05, 3.63) is 23.5 Å².